The van der Waals surface area contributed by atoms with Gasteiger partial charge in [-0.1, -0.05) is 194 Å². The van der Waals surface area contributed by atoms with Gasteiger partial charge < -0.3 is 18.3 Å². The number of hydrogen-bond donors (Lipinski definition) is 0. The maximum atomic E-state index is 5.29. The summed E-state index contributed by atoms with van der Waals surface area (Å²) in [5.41, 5.74) is 24.1. The van der Waals surface area contributed by atoms with Crippen LogP contribution >= 0.6 is 0 Å². The Morgan fingerprint density at radius 3 is 1.28 bits per heavy atom. The van der Waals surface area contributed by atoms with E-state index in [1.54, 1.807) is 0 Å². The smallest absolute Gasteiger partial charge is 0.0730 e. The zero-order valence-corrected chi connectivity index (χ0v) is 44.8. The third-order valence-corrected chi connectivity index (χ3v) is 17.1. The molecule has 0 radical (unpaired) electrons. The monoisotopic (exact) mass is 1050 g/mol. The van der Waals surface area contributed by atoms with Crippen LogP contribution < -0.4 is 0 Å². The number of allylic oxidation sites excluding steroid dienone is 1. The summed E-state index contributed by atoms with van der Waals surface area (Å²) in [5, 5.41) is 8.68. The summed E-state index contributed by atoms with van der Waals surface area (Å²) in [7, 11) is 0. The van der Waals surface area contributed by atoms with Crippen LogP contribution in [0.1, 0.15) is 17.7 Å². The summed E-state index contributed by atoms with van der Waals surface area (Å²) in [6.07, 6.45) is 6.65. The molecular formula is C77H51N5. The highest BCUT2D eigenvalue weighted by Gasteiger charge is 2.26. The van der Waals surface area contributed by atoms with E-state index in [1.807, 2.05) is 0 Å². The fourth-order valence-corrected chi connectivity index (χ4v) is 13.6. The molecule has 0 aliphatic heterocycles. The fourth-order valence-electron chi connectivity index (χ4n) is 13.6. The summed E-state index contributed by atoms with van der Waals surface area (Å²) in [4.78, 5) is 5.29. The van der Waals surface area contributed by atoms with Gasteiger partial charge in [0.2, 0.25) is 0 Å². The molecular weight excluding hydrogens is 995 g/mol. The number of para-hydroxylation sites is 3. The van der Waals surface area contributed by atoms with Crippen molar-refractivity contribution in [3.05, 3.63) is 290 Å². The summed E-state index contributed by atoms with van der Waals surface area (Å²) < 4.78 is 9.99. The number of benzene rings is 11. The Bertz CT molecular complexity index is 5130. The second-order valence-corrected chi connectivity index (χ2v) is 21.8. The van der Waals surface area contributed by atoms with E-state index in [2.05, 4.69) is 303 Å². The molecule has 0 N–H and O–H groups in total. The van der Waals surface area contributed by atoms with Crippen molar-refractivity contribution in [2.75, 3.05) is 0 Å². The van der Waals surface area contributed by atoms with Gasteiger partial charge in [0.25, 0.3) is 0 Å². The molecule has 5 heteroatoms. The van der Waals surface area contributed by atoms with Crippen LogP contribution in [-0.2, 0) is 6.42 Å². The first kappa shape index (κ1) is 46.2. The van der Waals surface area contributed by atoms with Gasteiger partial charge in [0, 0.05) is 77.2 Å². The van der Waals surface area contributed by atoms with Gasteiger partial charge in [-0.2, -0.15) is 0 Å². The standard InChI is InChI=1S/C77H51N5/c1-5-22-50(23-6-1)54-42-55(51-24-7-2-8-25-51)44-58(43-54)82-69-37-18-14-33-61(69)65-48-64-60-32-13-17-36-68(60)80(74(64)49-75(65)82)57-31-21-30-56(45-57)79-70-38-19-15-34-62(70)76-72(79)40-41-73-77(76)63-35-16-20-39-71(63)81(73)59-46-66(52-26-9-3-10-27-52)78-67(47-59)53-28-11-4-12-29-53/h1-19,21-38,40-49H,20,39H2. The fraction of sp³-hybridized carbons (Fsp3) is 0.0260. The lowest BCUT2D eigenvalue weighted by Crippen LogP contribution is -2.04. The Morgan fingerprint density at radius 2 is 0.720 bits per heavy atom. The molecule has 82 heavy (non-hydrogen) atoms. The number of rotatable bonds is 8. The Kier molecular flexibility index (Phi) is 10.4. The zero-order chi connectivity index (χ0) is 53.8. The lowest BCUT2D eigenvalue weighted by atomic mass is 9.98. The summed E-state index contributed by atoms with van der Waals surface area (Å²) in [5.74, 6) is 0. The summed E-state index contributed by atoms with van der Waals surface area (Å²) >= 11 is 0. The van der Waals surface area contributed by atoms with Crippen LogP contribution in [0.15, 0.2) is 279 Å². The molecule has 5 heterocycles. The lowest BCUT2D eigenvalue weighted by Gasteiger charge is -2.16. The van der Waals surface area contributed by atoms with E-state index in [0.29, 0.717) is 0 Å². The zero-order valence-electron chi connectivity index (χ0n) is 44.8. The molecule has 0 saturated heterocycles. The van der Waals surface area contributed by atoms with Crippen molar-refractivity contribution >= 4 is 82.4 Å². The van der Waals surface area contributed by atoms with Gasteiger partial charge in [-0.3, -0.25) is 0 Å². The van der Waals surface area contributed by atoms with Crippen LogP contribution in [0.25, 0.3) is 150 Å². The molecule has 5 nitrogen and oxygen atoms in total. The van der Waals surface area contributed by atoms with Gasteiger partial charge >= 0.3 is 0 Å². The van der Waals surface area contributed by atoms with Gasteiger partial charge in [0.15, 0.2) is 0 Å². The molecule has 0 saturated carbocycles. The second kappa shape index (κ2) is 18.4. The molecule has 1 aliphatic carbocycles. The van der Waals surface area contributed by atoms with Crippen molar-refractivity contribution in [1.82, 2.24) is 23.3 Å². The molecule has 0 amide bonds. The normalized spacial score (nSPS) is 12.5. The molecule has 17 rings (SSSR count). The molecule has 5 aromatic heterocycles. The minimum atomic E-state index is 0.937. The van der Waals surface area contributed by atoms with Gasteiger partial charge in [0.05, 0.1) is 55.7 Å². The number of nitrogens with zero attached hydrogens (tertiary/aromatic N) is 5. The highest BCUT2D eigenvalue weighted by molar-refractivity contribution is 6.24. The maximum absolute atomic E-state index is 5.29. The Hall–Kier alpha value is -10.8. The number of aromatic nitrogens is 5. The molecule has 0 bridgehead atoms. The molecule has 0 fully saturated rings. The van der Waals surface area contributed by atoms with Gasteiger partial charge in [-0.05, 0) is 126 Å². The number of pyridine rings is 1. The average molecular weight is 1050 g/mol. The van der Waals surface area contributed by atoms with E-state index >= 15 is 0 Å². The van der Waals surface area contributed by atoms with E-state index in [0.717, 1.165) is 69.1 Å². The third-order valence-electron chi connectivity index (χ3n) is 17.1. The van der Waals surface area contributed by atoms with Crippen LogP contribution in [0.3, 0.4) is 0 Å². The molecule has 0 unspecified atom stereocenters. The van der Waals surface area contributed by atoms with Crippen molar-refractivity contribution in [3.8, 4) is 67.5 Å². The molecule has 0 atom stereocenters. The Morgan fingerprint density at radius 1 is 0.268 bits per heavy atom. The van der Waals surface area contributed by atoms with Crippen LogP contribution in [0.2, 0.25) is 0 Å². The predicted molar refractivity (Wildman–Crippen MR) is 343 cm³/mol. The highest BCUT2D eigenvalue weighted by atomic mass is 15.0. The summed E-state index contributed by atoms with van der Waals surface area (Å²) in [6.45, 7) is 0. The van der Waals surface area contributed by atoms with E-state index in [9.17, 15) is 0 Å². The Balaban J connectivity index is 0.878. The van der Waals surface area contributed by atoms with Crippen molar-refractivity contribution in [1.29, 1.82) is 0 Å². The van der Waals surface area contributed by atoms with Crippen LogP contribution in [0.4, 0.5) is 0 Å². The minimum absolute atomic E-state index is 0.937. The van der Waals surface area contributed by atoms with Gasteiger partial charge in [0.1, 0.15) is 0 Å². The third kappa shape index (κ3) is 7.16. The van der Waals surface area contributed by atoms with Crippen molar-refractivity contribution in [2.24, 2.45) is 0 Å². The van der Waals surface area contributed by atoms with E-state index in [1.165, 1.54) is 98.8 Å². The second-order valence-electron chi connectivity index (χ2n) is 21.8. The lowest BCUT2D eigenvalue weighted by molar-refractivity contribution is 0.888. The molecule has 384 valence electrons. The SMILES string of the molecule is C1=Cc2c(n(-c3cc(-c4ccccc4)nc(-c4ccccc4)c3)c3ccc4c(c5ccccc5n4-c4cccc(-n5c6ccccc6c6cc7c8ccccc8n(-c8cc(-c9ccccc9)cc(-c9ccccc9)c8)c7cc65)c4)c23)CC1. The van der Waals surface area contributed by atoms with E-state index < -0.39 is 0 Å². The molecule has 0 spiro atoms. The maximum Gasteiger partial charge on any atom is 0.0730 e. The Labute approximate surface area is 473 Å². The predicted octanol–water partition coefficient (Wildman–Crippen LogP) is 19.9. The number of fused-ring (bicyclic) bond motifs is 13. The summed E-state index contributed by atoms with van der Waals surface area (Å²) in [6, 6.07) is 99.9. The molecule has 1 aliphatic rings. The average Bonchev–Trinajstić information content (AvgIpc) is 4.48. The van der Waals surface area contributed by atoms with Gasteiger partial charge in [-0.25, -0.2) is 4.98 Å². The molecule has 11 aromatic carbocycles. The topological polar surface area (TPSA) is 32.6 Å². The van der Waals surface area contributed by atoms with Gasteiger partial charge in [-0.15, -0.1) is 0 Å². The first-order chi connectivity index (χ1) is 40.7. The van der Waals surface area contributed by atoms with Crippen LogP contribution in [-0.4, -0.2) is 23.3 Å². The quantitative estimate of drug-likeness (QED) is 0.149. The number of hydrogen-bond acceptors (Lipinski definition) is 1. The van der Waals surface area contributed by atoms with E-state index in [4.69, 9.17) is 4.98 Å². The van der Waals surface area contributed by atoms with Crippen molar-refractivity contribution < 1.29 is 0 Å². The first-order valence-corrected chi connectivity index (χ1v) is 28.4. The first-order valence-electron chi connectivity index (χ1n) is 28.4. The van der Waals surface area contributed by atoms with Crippen molar-refractivity contribution in [2.45, 2.75) is 12.8 Å². The molecule has 16 aromatic rings. The van der Waals surface area contributed by atoms with Crippen molar-refractivity contribution in [3.63, 3.8) is 0 Å². The van der Waals surface area contributed by atoms with E-state index in [-0.39, 0.29) is 0 Å². The van der Waals surface area contributed by atoms with Crippen LogP contribution in [0.5, 0.6) is 0 Å². The largest absolute Gasteiger partial charge is 0.313 e. The van der Waals surface area contributed by atoms with Crippen LogP contribution in [0, 0.1) is 0 Å². The highest BCUT2D eigenvalue weighted by Crippen LogP contribution is 2.46. The minimum Gasteiger partial charge on any atom is -0.313 e.